The first kappa shape index (κ1) is 15.0. The number of halogens is 2. The summed E-state index contributed by atoms with van der Waals surface area (Å²) in [6, 6.07) is 4.11. The van der Waals surface area contributed by atoms with E-state index in [0.29, 0.717) is 10.4 Å². The lowest BCUT2D eigenvalue weighted by Crippen LogP contribution is -2.37. The first-order valence-corrected chi connectivity index (χ1v) is 7.18. The molecule has 0 bridgehead atoms. The molecule has 6 heteroatoms. The number of hydrogen-bond donors (Lipinski definition) is 1. The third-order valence-corrected chi connectivity index (χ3v) is 3.70. The van der Waals surface area contributed by atoms with Crippen molar-refractivity contribution in [3.05, 3.63) is 34.1 Å². The molecule has 1 fully saturated rings. The minimum absolute atomic E-state index is 0.0885. The van der Waals surface area contributed by atoms with Crippen LogP contribution in [0.1, 0.15) is 30.1 Å². The lowest BCUT2D eigenvalue weighted by atomic mass is 10.2. The standard InChI is InChI=1S/C14H15BrFNO3/c1-8(9-2-3-9)17-13(18)7-20-14(19)11-5-4-10(15)6-12(11)16/h4-6,8-9H,2-3,7H2,1H3,(H,17,18)/t8-/m0/s1. The van der Waals surface area contributed by atoms with Crippen molar-refractivity contribution in [1.82, 2.24) is 5.32 Å². The van der Waals surface area contributed by atoms with Gasteiger partial charge in [-0.2, -0.15) is 0 Å². The fourth-order valence-corrected chi connectivity index (χ4v) is 2.21. The van der Waals surface area contributed by atoms with Crippen LogP contribution in [-0.2, 0) is 9.53 Å². The van der Waals surface area contributed by atoms with Crippen LogP contribution in [0.5, 0.6) is 0 Å². The Labute approximate surface area is 124 Å². The van der Waals surface area contributed by atoms with Crippen molar-refractivity contribution in [3.8, 4) is 0 Å². The molecule has 1 aliphatic rings. The number of esters is 1. The molecule has 20 heavy (non-hydrogen) atoms. The van der Waals surface area contributed by atoms with Crippen LogP contribution in [0.3, 0.4) is 0 Å². The SMILES string of the molecule is C[C@H](NC(=O)COC(=O)c1ccc(Br)cc1F)C1CC1. The Morgan fingerprint density at radius 1 is 1.50 bits per heavy atom. The Morgan fingerprint density at radius 2 is 2.20 bits per heavy atom. The molecule has 0 spiro atoms. The summed E-state index contributed by atoms with van der Waals surface area (Å²) in [4.78, 5) is 23.2. The van der Waals surface area contributed by atoms with Gasteiger partial charge in [0.2, 0.25) is 0 Å². The Morgan fingerprint density at radius 3 is 2.80 bits per heavy atom. The van der Waals surface area contributed by atoms with E-state index in [2.05, 4.69) is 21.2 Å². The summed E-state index contributed by atoms with van der Waals surface area (Å²) >= 11 is 3.10. The first-order valence-electron chi connectivity index (χ1n) is 6.39. The van der Waals surface area contributed by atoms with Gasteiger partial charge in [0.25, 0.3) is 5.91 Å². The maximum atomic E-state index is 13.5. The van der Waals surface area contributed by atoms with Gasteiger partial charge in [-0.1, -0.05) is 15.9 Å². The molecule has 1 N–H and O–H groups in total. The number of amides is 1. The maximum absolute atomic E-state index is 13.5. The smallest absolute Gasteiger partial charge is 0.341 e. The molecule has 1 aliphatic carbocycles. The number of nitrogens with one attached hydrogen (secondary N) is 1. The van der Waals surface area contributed by atoms with Gasteiger partial charge in [0.1, 0.15) is 5.82 Å². The van der Waals surface area contributed by atoms with Crippen molar-refractivity contribution in [2.75, 3.05) is 6.61 Å². The van der Waals surface area contributed by atoms with Crippen LogP contribution in [0, 0.1) is 11.7 Å². The lowest BCUT2D eigenvalue weighted by molar-refractivity contribution is -0.125. The summed E-state index contributed by atoms with van der Waals surface area (Å²) in [6.45, 7) is 1.52. The van der Waals surface area contributed by atoms with Crippen LogP contribution >= 0.6 is 15.9 Å². The molecule has 4 nitrogen and oxygen atoms in total. The topological polar surface area (TPSA) is 55.4 Å². The van der Waals surface area contributed by atoms with E-state index in [4.69, 9.17) is 4.74 Å². The number of rotatable bonds is 5. The molecule has 1 amide bonds. The Bertz CT molecular complexity index is 531. The molecule has 2 rings (SSSR count). The van der Waals surface area contributed by atoms with E-state index < -0.39 is 18.4 Å². The third-order valence-electron chi connectivity index (χ3n) is 3.20. The monoisotopic (exact) mass is 343 g/mol. The van der Waals surface area contributed by atoms with Gasteiger partial charge in [-0.25, -0.2) is 9.18 Å². The molecular weight excluding hydrogens is 329 g/mol. The van der Waals surface area contributed by atoms with Crippen molar-refractivity contribution in [2.45, 2.75) is 25.8 Å². The summed E-state index contributed by atoms with van der Waals surface area (Å²) in [7, 11) is 0. The van der Waals surface area contributed by atoms with E-state index in [1.165, 1.54) is 18.2 Å². The van der Waals surface area contributed by atoms with Crippen LogP contribution in [0.25, 0.3) is 0 Å². The van der Waals surface area contributed by atoms with Crippen LogP contribution < -0.4 is 5.32 Å². The molecule has 108 valence electrons. The quantitative estimate of drug-likeness (QED) is 0.836. The van der Waals surface area contributed by atoms with Crippen molar-refractivity contribution >= 4 is 27.8 Å². The molecular formula is C14H15BrFNO3. The highest BCUT2D eigenvalue weighted by Gasteiger charge is 2.29. The molecule has 1 aromatic carbocycles. The number of carbonyl (C=O) groups excluding carboxylic acids is 2. The van der Waals surface area contributed by atoms with Gasteiger partial charge in [0, 0.05) is 10.5 Å². The maximum Gasteiger partial charge on any atom is 0.341 e. The molecule has 1 aromatic rings. The van der Waals surface area contributed by atoms with Crippen LogP contribution in [0.15, 0.2) is 22.7 Å². The van der Waals surface area contributed by atoms with E-state index in [1.807, 2.05) is 6.92 Å². The van der Waals surface area contributed by atoms with Crippen LogP contribution in [0.4, 0.5) is 4.39 Å². The summed E-state index contributed by atoms with van der Waals surface area (Å²) in [5, 5.41) is 2.75. The molecule has 1 atom stereocenters. The van der Waals surface area contributed by atoms with Crippen LogP contribution in [-0.4, -0.2) is 24.5 Å². The largest absolute Gasteiger partial charge is 0.452 e. The van der Waals surface area contributed by atoms with E-state index in [9.17, 15) is 14.0 Å². The fraction of sp³-hybridized carbons (Fsp3) is 0.429. The fourth-order valence-electron chi connectivity index (χ4n) is 1.87. The van der Waals surface area contributed by atoms with Gasteiger partial charge in [-0.3, -0.25) is 4.79 Å². The minimum atomic E-state index is -0.843. The minimum Gasteiger partial charge on any atom is -0.452 e. The highest BCUT2D eigenvalue weighted by molar-refractivity contribution is 9.10. The van der Waals surface area contributed by atoms with E-state index in [-0.39, 0.29) is 17.5 Å². The Kier molecular flexibility index (Phi) is 4.75. The van der Waals surface area contributed by atoms with Crippen molar-refractivity contribution in [3.63, 3.8) is 0 Å². The van der Waals surface area contributed by atoms with Gasteiger partial charge in [-0.15, -0.1) is 0 Å². The molecule has 0 unspecified atom stereocenters. The first-order chi connectivity index (χ1) is 9.47. The molecule has 0 aliphatic heterocycles. The van der Waals surface area contributed by atoms with Gasteiger partial charge in [0.05, 0.1) is 5.56 Å². The molecule has 0 saturated heterocycles. The molecule has 0 heterocycles. The van der Waals surface area contributed by atoms with Gasteiger partial charge >= 0.3 is 5.97 Å². The highest BCUT2D eigenvalue weighted by atomic mass is 79.9. The van der Waals surface area contributed by atoms with Gasteiger partial charge in [0.15, 0.2) is 6.61 Å². The predicted molar refractivity (Wildman–Crippen MR) is 74.7 cm³/mol. The Hall–Kier alpha value is -1.43. The number of benzene rings is 1. The van der Waals surface area contributed by atoms with Crippen molar-refractivity contribution in [1.29, 1.82) is 0 Å². The van der Waals surface area contributed by atoms with Crippen molar-refractivity contribution in [2.24, 2.45) is 5.92 Å². The molecule has 0 aromatic heterocycles. The summed E-state index contributed by atoms with van der Waals surface area (Å²) in [6.07, 6.45) is 2.23. The van der Waals surface area contributed by atoms with Gasteiger partial charge in [-0.05, 0) is 43.9 Å². The average molecular weight is 344 g/mol. The second-order valence-corrected chi connectivity index (χ2v) is 5.81. The second kappa shape index (κ2) is 6.35. The number of hydrogen-bond acceptors (Lipinski definition) is 3. The third kappa shape index (κ3) is 4.03. The normalized spacial score (nSPS) is 15.6. The molecule has 0 radical (unpaired) electrons. The summed E-state index contributed by atoms with van der Waals surface area (Å²) in [5.41, 5.74) is -0.184. The van der Waals surface area contributed by atoms with Gasteiger partial charge < -0.3 is 10.1 Å². The van der Waals surface area contributed by atoms with E-state index in [0.717, 1.165) is 12.8 Å². The van der Waals surface area contributed by atoms with Crippen LogP contribution in [0.2, 0.25) is 0 Å². The summed E-state index contributed by atoms with van der Waals surface area (Å²) in [5.74, 6) is -1.37. The van der Waals surface area contributed by atoms with E-state index >= 15 is 0 Å². The Balaban J connectivity index is 1.83. The predicted octanol–water partition coefficient (Wildman–Crippen LogP) is 2.66. The lowest BCUT2D eigenvalue weighted by Gasteiger charge is -2.12. The number of ether oxygens (including phenoxy) is 1. The highest BCUT2D eigenvalue weighted by Crippen LogP contribution is 2.32. The van der Waals surface area contributed by atoms with E-state index in [1.54, 1.807) is 0 Å². The number of carbonyl (C=O) groups is 2. The average Bonchev–Trinajstić information content (AvgIpc) is 3.20. The molecule has 1 saturated carbocycles. The second-order valence-electron chi connectivity index (χ2n) is 4.89. The zero-order chi connectivity index (χ0) is 14.7. The van der Waals surface area contributed by atoms with Crippen molar-refractivity contribution < 1.29 is 18.7 Å². The zero-order valence-electron chi connectivity index (χ0n) is 11.0. The zero-order valence-corrected chi connectivity index (χ0v) is 12.6. The summed E-state index contributed by atoms with van der Waals surface area (Å²) < 4.78 is 18.9.